The SMILES string of the molecule is NC(N)=NCCCC(NC(=O)C1CCCN1)C(=O)c1nc2ccccc2s1. The van der Waals surface area contributed by atoms with Gasteiger partial charge in [-0.25, -0.2) is 4.98 Å². The highest BCUT2D eigenvalue weighted by Gasteiger charge is 2.29. The lowest BCUT2D eigenvalue weighted by molar-refractivity contribution is -0.123. The van der Waals surface area contributed by atoms with Crippen molar-refractivity contribution in [3.8, 4) is 0 Å². The number of aliphatic imine (C=N–C) groups is 1. The second-order valence-corrected chi connectivity index (χ2v) is 7.54. The number of ketones is 1. The van der Waals surface area contributed by atoms with Crippen molar-refractivity contribution in [3.05, 3.63) is 29.3 Å². The number of thiazole rings is 1. The van der Waals surface area contributed by atoms with Crippen LogP contribution in [0.4, 0.5) is 0 Å². The van der Waals surface area contributed by atoms with Crippen molar-refractivity contribution in [3.63, 3.8) is 0 Å². The van der Waals surface area contributed by atoms with Gasteiger partial charge in [0.15, 0.2) is 11.0 Å². The van der Waals surface area contributed by atoms with Crippen LogP contribution in [-0.2, 0) is 4.79 Å². The lowest BCUT2D eigenvalue weighted by atomic mass is 10.1. The molecular formula is C18H24N6O2S. The van der Waals surface area contributed by atoms with Gasteiger partial charge in [-0.3, -0.25) is 14.6 Å². The fraction of sp³-hybridized carbons (Fsp3) is 0.444. The Kier molecular flexibility index (Phi) is 6.36. The number of hydrogen-bond donors (Lipinski definition) is 4. The average molecular weight is 388 g/mol. The fourth-order valence-electron chi connectivity index (χ4n) is 3.08. The number of aromatic nitrogens is 1. The van der Waals surface area contributed by atoms with E-state index in [1.807, 2.05) is 24.3 Å². The molecule has 1 aliphatic rings. The summed E-state index contributed by atoms with van der Waals surface area (Å²) in [5.74, 6) is -0.302. The minimum absolute atomic E-state index is 0.0169. The monoisotopic (exact) mass is 388 g/mol. The van der Waals surface area contributed by atoms with Gasteiger partial charge in [-0.05, 0) is 44.4 Å². The lowest BCUT2D eigenvalue weighted by Crippen LogP contribution is -2.48. The zero-order valence-corrected chi connectivity index (χ0v) is 15.8. The Balaban J connectivity index is 1.73. The molecule has 2 aromatic rings. The molecule has 0 bridgehead atoms. The fourth-order valence-corrected chi connectivity index (χ4v) is 4.04. The highest BCUT2D eigenvalue weighted by atomic mass is 32.1. The normalized spacial score (nSPS) is 17.6. The van der Waals surface area contributed by atoms with Crippen LogP contribution in [0.25, 0.3) is 10.2 Å². The molecule has 1 aliphatic heterocycles. The molecule has 1 aromatic carbocycles. The van der Waals surface area contributed by atoms with E-state index >= 15 is 0 Å². The van der Waals surface area contributed by atoms with E-state index in [1.54, 1.807) is 0 Å². The summed E-state index contributed by atoms with van der Waals surface area (Å²) in [5.41, 5.74) is 11.5. The number of amides is 1. The van der Waals surface area contributed by atoms with Crippen molar-refractivity contribution in [2.75, 3.05) is 13.1 Å². The first-order valence-corrected chi connectivity index (χ1v) is 9.85. The maximum absolute atomic E-state index is 13.0. The smallest absolute Gasteiger partial charge is 0.237 e. The van der Waals surface area contributed by atoms with Crippen molar-refractivity contribution >= 4 is 39.2 Å². The number of rotatable bonds is 8. The van der Waals surface area contributed by atoms with Gasteiger partial charge in [0.25, 0.3) is 0 Å². The number of carbonyl (C=O) groups excluding carboxylic acids is 2. The first-order valence-electron chi connectivity index (χ1n) is 9.03. The highest BCUT2D eigenvalue weighted by molar-refractivity contribution is 7.20. The number of guanidine groups is 1. The van der Waals surface area contributed by atoms with Crippen LogP contribution < -0.4 is 22.1 Å². The Hall–Kier alpha value is -2.52. The van der Waals surface area contributed by atoms with Crippen LogP contribution in [0.5, 0.6) is 0 Å². The largest absolute Gasteiger partial charge is 0.370 e. The average Bonchev–Trinajstić information content (AvgIpc) is 3.32. The van der Waals surface area contributed by atoms with Crippen molar-refractivity contribution in [1.82, 2.24) is 15.6 Å². The molecule has 1 aromatic heterocycles. The molecule has 8 nitrogen and oxygen atoms in total. The number of nitrogens with one attached hydrogen (secondary N) is 2. The Morgan fingerprint density at radius 3 is 2.89 bits per heavy atom. The lowest BCUT2D eigenvalue weighted by Gasteiger charge is -2.19. The molecule has 144 valence electrons. The van der Waals surface area contributed by atoms with Gasteiger partial charge in [0.1, 0.15) is 0 Å². The summed E-state index contributed by atoms with van der Waals surface area (Å²) in [6, 6.07) is 6.71. The number of hydrogen-bond acceptors (Lipinski definition) is 6. The maximum atomic E-state index is 13.0. The van der Waals surface area contributed by atoms with Gasteiger partial charge in [0, 0.05) is 6.54 Å². The van der Waals surface area contributed by atoms with Gasteiger partial charge in [-0.15, -0.1) is 11.3 Å². The second kappa shape index (κ2) is 8.92. The van der Waals surface area contributed by atoms with E-state index in [-0.39, 0.29) is 23.7 Å². The van der Waals surface area contributed by atoms with E-state index in [2.05, 4.69) is 20.6 Å². The van der Waals surface area contributed by atoms with Gasteiger partial charge in [-0.2, -0.15) is 0 Å². The molecule has 2 heterocycles. The molecule has 9 heteroatoms. The first-order chi connectivity index (χ1) is 13.0. The molecular weight excluding hydrogens is 364 g/mol. The van der Waals surface area contributed by atoms with Crippen LogP contribution in [0.2, 0.25) is 0 Å². The molecule has 3 rings (SSSR count). The summed E-state index contributed by atoms with van der Waals surface area (Å²) in [4.78, 5) is 33.9. The first kappa shape index (κ1) is 19.2. The standard InChI is InChI=1S/C18H24N6O2S/c19-18(20)22-10-3-6-12(23-16(26)13-7-4-9-21-13)15(25)17-24-11-5-1-2-8-14(11)27-17/h1-2,5,8,12-13,21H,3-4,6-7,9-10H2,(H,23,26)(H4,19,20,22). The molecule has 1 saturated heterocycles. The topological polar surface area (TPSA) is 135 Å². The van der Waals surface area contributed by atoms with Crippen LogP contribution >= 0.6 is 11.3 Å². The highest BCUT2D eigenvalue weighted by Crippen LogP contribution is 2.23. The van der Waals surface area contributed by atoms with Crippen LogP contribution in [0.15, 0.2) is 29.3 Å². The van der Waals surface area contributed by atoms with Crippen LogP contribution in [-0.4, -0.2) is 47.8 Å². The third-order valence-corrected chi connectivity index (χ3v) is 5.51. The maximum Gasteiger partial charge on any atom is 0.237 e. The number of fused-ring (bicyclic) bond motifs is 1. The minimum Gasteiger partial charge on any atom is -0.370 e. The molecule has 2 unspecified atom stereocenters. The van der Waals surface area contributed by atoms with E-state index in [1.165, 1.54) is 11.3 Å². The number of benzene rings is 1. The van der Waals surface area contributed by atoms with E-state index in [0.717, 1.165) is 29.6 Å². The number of carbonyl (C=O) groups is 2. The quantitative estimate of drug-likeness (QED) is 0.228. The Labute approximate surface area is 161 Å². The van der Waals surface area contributed by atoms with Gasteiger partial charge in [0.05, 0.1) is 22.3 Å². The molecule has 0 saturated carbocycles. The molecule has 0 radical (unpaired) electrons. The summed E-state index contributed by atoms with van der Waals surface area (Å²) in [6.45, 7) is 1.22. The van der Waals surface area contributed by atoms with Crippen molar-refractivity contribution in [2.24, 2.45) is 16.5 Å². The van der Waals surface area contributed by atoms with Crippen LogP contribution in [0.3, 0.4) is 0 Å². The third-order valence-electron chi connectivity index (χ3n) is 4.46. The van der Waals surface area contributed by atoms with E-state index in [9.17, 15) is 9.59 Å². The van der Waals surface area contributed by atoms with Crippen molar-refractivity contribution in [2.45, 2.75) is 37.8 Å². The van der Waals surface area contributed by atoms with E-state index < -0.39 is 6.04 Å². The minimum atomic E-state index is -0.644. The zero-order valence-electron chi connectivity index (χ0n) is 15.0. The third kappa shape index (κ3) is 5.01. The van der Waals surface area contributed by atoms with Crippen LogP contribution in [0.1, 0.15) is 35.5 Å². The summed E-state index contributed by atoms with van der Waals surface area (Å²) in [7, 11) is 0. The number of nitrogens with two attached hydrogens (primary N) is 2. The predicted octanol–water partition coefficient (Wildman–Crippen LogP) is 0.769. The van der Waals surface area contributed by atoms with Crippen LogP contribution in [0, 0.1) is 0 Å². The molecule has 0 aliphatic carbocycles. The van der Waals surface area contributed by atoms with Gasteiger partial charge >= 0.3 is 0 Å². The van der Waals surface area contributed by atoms with Gasteiger partial charge < -0.3 is 22.1 Å². The Bertz CT molecular complexity index is 806. The summed E-state index contributed by atoms with van der Waals surface area (Å²) in [6.07, 6.45) is 2.77. The molecule has 2 atom stereocenters. The zero-order chi connectivity index (χ0) is 19.2. The summed E-state index contributed by atoms with van der Waals surface area (Å²) < 4.78 is 0.948. The van der Waals surface area contributed by atoms with Crippen molar-refractivity contribution in [1.29, 1.82) is 0 Å². The Morgan fingerprint density at radius 1 is 1.37 bits per heavy atom. The van der Waals surface area contributed by atoms with Crippen molar-refractivity contribution < 1.29 is 9.59 Å². The Morgan fingerprint density at radius 2 is 2.19 bits per heavy atom. The number of para-hydroxylation sites is 1. The number of Topliss-reactive ketones (excluding diaryl/α,β-unsaturated/α-hetero) is 1. The molecule has 27 heavy (non-hydrogen) atoms. The van der Waals surface area contributed by atoms with E-state index in [0.29, 0.717) is 24.4 Å². The predicted molar refractivity (Wildman–Crippen MR) is 107 cm³/mol. The molecule has 1 amide bonds. The molecule has 6 N–H and O–H groups in total. The molecule has 0 spiro atoms. The van der Waals surface area contributed by atoms with Gasteiger partial charge in [-0.1, -0.05) is 12.1 Å². The summed E-state index contributed by atoms with van der Waals surface area (Å²) in [5, 5.41) is 6.45. The molecule has 1 fully saturated rings. The number of nitrogens with zero attached hydrogens (tertiary/aromatic N) is 2. The summed E-state index contributed by atoms with van der Waals surface area (Å²) >= 11 is 1.34. The second-order valence-electron chi connectivity index (χ2n) is 6.51. The van der Waals surface area contributed by atoms with E-state index in [4.69, 9.17) is 11.5 Å². The van der Waals surface area contributed by atoms with Gasteiger partial charge in [0.2, 0.25) is 11.7 Å².